The van der Waals surface area contributed by atoms with E-state index in [9.17, 15) is 18.0 Å². The first-order valence-corrected chi connectivity index (χ1v) is 5.54. The lowest BCUT2D eigenvalue weighted by Gasteiger charge is -2.38. The van der Waals surface area contributed by atoms with Crippen molar-refractivity contribution >= 4 is 12.1 Å². The van der Waals surface area contributed by atoms with E-state index in [0.29, 0.717) is 5.41 Å². The normalized spacial score (nSPS) is 20.3. The van der Waals surface area contributed by atoms with Gasteiger partial charge in [0.2, 0.25) is 0 Å². The van der Waals surface area contributed by atoms with Crippen LogP contribution in [0.1, 0.15) is 6.42 Å². The van der Waals surface area contributed by atoms with E-state index in [1.54, 1.807) is 4.90 Å². The molecule has 0 aromatic rings. The molecule has 2 N–H and O–H groups in total. The predicted octanol–water partition coefficient (Wildman–Crippen LogP) is 0.681. The largest absolute Gasteiger partial charge is 0.490 e. The number of aliphatic carboxylic acids is 1. The number of carboxylic acid groups (broad SMARTS) is 1. The van der Waals surface area contributed by atoms with Crippen LogP contribution in [0.3, 0.4) is 0 Å². The molecule has 19 heavy (non-hydrogen) atoms. The molecule has 2 aliphatic rings. The average Bonchev–Trinajstić information content (AvgIpc) is 2.72. The number of hydrogen-bond acceptors (Lipinski definition) is 4. The Morgan fingerprint density at radius 3 is 2.16 bits per heavy atom. The fourth-order valence-corrected chi connectivity index (χ4v) is 1.99. The molecule has 0 saturated carbocycles. The summed E-state index contributed by atoms with van der Waals surface area (Å²) in [7, 11) is 1.44. The molecule has 0 unspecified atom stereocenters. The molecule has 2 rings (SSSR count). The van der Waals surface area contributed by atoms with E-state index < -0.39 is 12.1 Å². The van der Waals surface area contributed by atoms with Crippen LogP contribution in [0.2, 0.25) is 0 Å². The van der Waals surface area contributed by atoms with Gasteiger partial charge in [0.15, 0.2) is 0 Å². The minimum absolute atomic E-state index is 0.182. The number of alkyl halides is 3. The fourth-order valence-electron chi connectivity index (χ4n) is 1.99. The molecule has 110 valence electrons. The highest BCUT2D eigenvalue weighted by molar-refractivity contribution is 5.73. The highest BCUT2D eigenvalue weighted by Gasteiger charge is 2.44. The van der Waals surface area contributed by atoms with Crippen LogP contribution >= 0.6 is 0 Å². The molecule has 0 aromatic heterocycles. The second-order valence-electron chi connectivity index (χ2n) is 4.55. The lowest BCUT2D eigenvalue weighted by Crippen LogP contribution is -2.55. The maximum Gasteiger partial charge on any atom is 0.490 e. The lowest BCUT2D eigenvalue weighted by molar-refractivity contribution is -0.192. The number of amides is 1. The first-order chi connectivity index (χ1) is 8.70. The summed E-state index contributed by atoms with van der Waals surface area (Å²) >= 11 is 0. The highest BCUT2D eigenvalue weighted by Crippen LogP contribution is 2.33. The van der Waals surface area contributed by atoms with Crippen LogP contribution in [0.5, 0.6) is 0 Å². The standard InChI is InChI=1S/C8H14N2O2.C2HF3O2/c1-12-7(11)10-3-2-8(6-10)4-9-5-8;3-2(4,5)1(6)7/h9H,2-6H2,1H3;(H,6,7). The first kappa shape index (κ1) is 15.5. The van der Waals surface area contributed by atoms with Crippen molar-refractivity contribution < 1.29 is 32.6 Å². The zero-order valence-corrected chi connectivity index (χ0v) is 10.3. The Balaban J connectivity index is 0.000000224. The molecule has 6 nitrogen and oxygen atoms in total. The van der Waals surface area contributed by atoms with Crippen molar-refractivity contribution in [2.75, 3.05) is 33.3 Å². The van der Waals surface area contributed by atoms with E-state index in [1.807, 2.05) is 0 Å². The Bertz CT molecular complexity index is 355. The summed E-state index contributed by atoms with van der Waals surface area (Å²) in [6.07, 6.45) is -4.14. The van der Waals surface area contributed by atoms with Gasteiger partial charge < -0.3 is 20.1 Å². The SMILES string of the molecule is COC(=O)N1CCC2(CNC2)C1.O=C(O)C(F)(F)F. The zero-order valence-electron chi connectivity index (χ0n) is 10.3. The second kappa shape index (κ2) is 5.64. The van der Waals surface area contributed by atoms with Crippen LogP contribution < -0.4 is 5.32 Å². The van der Waals surface area contributed by atoms with Crippen molar-refractivity contribution in [3.05, 3.63) is 0 Å². The number of carbonyl (C=O) groups excluding carboxylic acids is 1. The number of carbonyl (C=O) groups is 2. The van der Waals surface area contributed by atoms with E-state index in [4.69, 9.17) is 9.90 Å². The smallest absolute Gasteiger partial charge is 0.475 e. The summed E-state index contributed by atoms with van der Waals surface area (Å²) in [5, 5.41) is 10.4. The Labute approximate surface area is 107 Å². The average molecular weight is 284 g/mol. The molecule has 1 spiro atoms. The number of halogens is 3. The minimum atomic E-state index is -5.08. The maximum atomic E-state index is 11.1. The highest BCUT2D eigenvalue weighted by atomic mass is 19.4. The van der Waals surface area contributed by atoms with Gasteiger partial charge in [0, 0.05) is 31.6 Å². The van der Waals surface area contributed by atoms with Gasteiger partial charge in [0.1, 0.15) is 0 Å². The van der Waals surface area contributed by atoms with Gasteiger partial charge >= 0.3 is 18.2 Å². The van der Waals surface area contributed by atoms with E-state index in [0.717, 1.165) is 32.6 Å². The molecular formula is C10H15F3N2O4. The summed E-state index contributed by atoms with van der Waals surface area (Å²) in [6, 6.07) is 0. The summed E-state index contributed by atoms with van der Waals surface area (Å²) in [4.78, 5) is 21.8. The number of nitrogens with zero attached hydrogens (tertiary/aromatic N) is 1. The molecule has 0 aromatic carbocycles. The number of ether oxygens (including phenoxy) is 1. The molecule has 2 heterocycles. The van der Waals surface area contributed by atoms with Crippen molar-refractivity contribution in [2.45, 2.75) is 12.6 Å². The van der Waals surface area contributed by atoms with Gasteiger partial charge in [-0.05, 0) is 6.42 Å². The Morgan fingerprint density at radius 2 is 1.89 bits per heavy atom. The molecule has 1 amide bonds. The van der Waals surface area contributed by atoms with Crippen LogP contribution in [0.15, 0.2) is 0 Å². The summed E-state index contributed by atoms with van der Waals surface area (Å²) < 4.78 is 36.4. The molecule has 0 aliphatic carbocycles. The number of carboxylic acids is 1. The van der Waals surface area contributed by atoms with Crippen LogP contribution in [0.25, 0.3) is 0 Å². The molecule has 0 bridgehead atoms. The number of hydrogen-bond donors (Lipinski definition) is 2. The van der Waals surface area contributed by atoms with E-state index >= 15 is 0 Å². The van der Waals surface area contributed by atoms with Gasteiger partial charge in [0.05, 0.1) is 7.11 Å². The van der Waals surface area contributed by atoms with Crippen molar-refractivity contribution in [1.29, 1.82) is 0 Å². The molecule has 2 saturated heterocycles. The monoisotopic (exact) mass is 284 g/mol. The van der Waals surface area contributed by atoms with E-state index in [-0.39, 0.29) is 6.09 Å². The lowest BCUT2D eigenvalue weighted by atomic mass is 9.81. The maximum absolute atomic E-state index is 11.1. The van der Waals surface area contributed by atoms with E-state index in [1.165, 1.54) is 7.11 Å². The van der Waals surface area contributed by atoms with Gasteiger partial charge in [-0.2, -0.15) is 13.2 Å². The zero-order chi connectivity index (χ0) is 14.7. The molecule has 0 radical (unpaired) electrons. The first-order valence-electron chi connectivity index (χ1n) is 5.54. The fraction of sp³-hybridized carbons (Fsp3) is 0.800. The van der Waals surface area contributed by atoms with Crippen molar-refractivity contribution in [1.82, 2.24) is 10.2 Å². The number of likely N-dealkylation sites (tertiary alicyclic amines) is 1. The van der Waals surface area contributed by atoms with Gasteiger partial charge in [-0.15, -0.1) is 0 Å². The summed E-state index contributed by atoms with van der Waals surface area (Å²) in [5.41, 5.74) is 0.383. The molecular weight excluding hydrogens is 269 g/mol. The Morgan fingerprint density at radius 1 is 1.37 bits per heavy atom. The topological polar surface area (TPSA) is 78.9 Å². The van der Waals surface area contributed by atoms with Crippen molar-refractivity contribution in [3.8, 4) is 0 Å². The third-order valence-electron chi connectivity index (χ3n) is 3.11. The third-order valence-corrected chi connectivity index (χ3v) is 3.11. The van der Waals surface area contributed by atoms with Crippen molar-refractivity contribution in [3.63, 3.8) is 0 Å². The quantitative estimate of drug-likeness (QED) is 0.684. The van der Waals surface area contributed by atoms with Gasteiger partial charge in [-0.1, -0.05) is 0 Å². The van der Waals surface area contributed by atoms with Gasteiger partial charge in [0.25, 0.3) is 0 Å². The van der Waals surface area contributed by atoms with Crippen LogP contribution in [-0.4, -0.2) is 61.5 Å². The number of nitrogens with one attached hydrogen (secondary N) is 1. The summed E-state index contributed by atoms with van der Waals surface area (Å²) in [5.74, 6) is -2.76. The van der Waals surface area contributed by atoms with Gasteiger partial charge in [-0.3, -0.25) is 0 Å². The predicted molar refractivity (Wildman–Crippen MR) is 57.6 cm³/mol. The van der Waals surface area contributed by atoms with Crippen LogP contribution in [0.4, 0.5) is 18.0 Å². The Hall–Kier alpha value is -1.51. The number of methoxy groups -OCH3 is 1. The summed E-state index contributed by atoms with van der Waals surface area (Å²) in [6.45, 7) is 3.84. The molecule has 2 fully saturated rings. The molecule has 0 atom stereocenters. The second-order valence-corrected chi connectivity index (χ2v) is 4.55. The molecule has 9 heteroatoms. The van der Waals surface area contributed by atoms with Crippen LogP contribution in [-0.2, 0) is 9.53 Å². The van der Waals surface area contributed by atoms with Crippen molar-refractivity contribution in [2.24, 2.45) is 5.41 Å². The number of rotatable bonds is 0. The minimum Gasteiger partial charge on any atom is -0.475 e. The molecule has 2 aliphatic heterocycles. The van der Waals surface area contributed by atoms with E-state index in [2.05, 4.69) is 10.1 Å². The van der Waals surface area contributed by atoms with Crippen LogP contribution in [0, 0.1) is 5.41 Å². The third kappa shape index (κ3) is 3.98. The Kier molecular flexibility index (Phi) is 4.61. The van der Waals surface area contributed by atoms with Gasteiger partial charge in [-0.25, -0.2) is 9.59 Å².